The monoisotopic (exact) mass is 489 g/mol. The Bertz CT molecular complexity index is 1610. The van der Waals surface area contributed by atoms with Crippen molar-refractivity contribution in [2.45, 2.75) is 66.6 Å². The fourth-order valence-electron chi connectivity index (χ4n) is 4.25. The molecule has 0 fully saturated rings. The molecule has 0 aliphatic rings. The van der Waals surface area contributed by atoms with Gasteiger partial charge in [-0.15, -0.1) is 5.10 Å². The largest absolute Gasteiger partial charge is 0.352 e. The molecule has 1 unspecified atom stereocenters. The number of ketones is 1. The number of rotatable bonds is 8. The number of benzene rings is 2. The summed E-state index contributed by atoms with van der Waals surface area (Å²) in [5.74, 6) is -0.390. The Balaban J connectivity index is 1.90. The highest BCUT2D eigenvalue weighted by Gasteiger charge is 2.21. The molecule has 9 heteroatoms. The van der Waals surface area contributed by atoms with Crippen LogP contribution in [-0.4, -0.2) is 36.5 Å². The minimum absolute atomic E-state index is 0.0210. The van der Waals surface area contributed by atoms with Gasteiger partial charge in [-0.05, 0) is 63.4 Å². The highest BCUT2D eigenvalue weighted by Crippen LogP contribution is 2.16. The standard InChI is InChI=1S/C27H31N5O4/c1-6-12-30-25(35)20-11-10-19(24(34)28-18(5)7-2)14-22(20)32-26(30)29-31(27(32)36)15-23(33)21-13-16(3)8-9-17(21)4/h8-11,13-14,18H,6-7,12,15H2,1-5H3,(H,28,34). The molecule has 2 heterocycles. The van der Waals surface area contributed by atoms with Crippen LogP contribution in [0.1, 0.15) is 65.5 Å². The first-order valence-electron chi connectivity index (χ1n) is 12.2. The summed E-state index contributed by atoms with van der Waals surface area (Å²) in [6.07, 6.45) is 1.42. The Kier molecular flexibility index (Phi) is 6.92. The fraction of sp³-hybridized carbons (Fsp3) is 0.370. The van der Waals surface area contributed by atoms with Crippen LogP contribution in [0.15, 0.2) is 46.0 Å². The Hall–Kier alpha value is -4.01. The van der Waals surface area contributed by atoms with Gasteiger partial charge in [0.1, 0.15) is 6.54 Å². The van der Waals surface area contributed by atoms with Crippen LogP contribution < -0.4 is 16.6 Å². The second-order valence-electron chi connectivity index (χ2n) is 9.29. The zero-order valence-electron chi connectivity index (χ0n) is 21.3. The number of hydrogen-bond donors (Lipinski definition) is 1. The molecule has 2 aromatic heterocycles. The van der Waals surface area contributed by atoms with E-state index in [4.69, 9.17) is 0 Å². The number of aryl methyl sites for hydroxylation is 3. The lowest BCUT2D eigenvalue weighted by Gasteiger charge is -2.13. The summed E-state index contributed by atoms with van der Waals surface area (Å²) in [5.41, 5.74) is 2.06. The molecule has 0 aliphatic heterocycles. The highest BCUT2D eigenvalue weighted by atomic mass is 16.2. The van der Waals surface area contributed by atoms with Crippen molar-refractivity contribution in [3.8, 4) is 0 Å². The van der Waals surface area contributed by atoms with Crippen molar-refractivity contribution < 1.29 is 9.59 Å². The smallest absolute Gasteiger partial charge is 0.350 e. The van der Waals surface area contributed by atoms with E-state index in [-0.39, 0.29) is 41.1 Å². The van der Waals surface area contributed by atoms with E-state index >= 15 is 0 Å². The maximum atomic E-state index is 13.5. The van der Waals surface area contributed by atoms with Gasteiger partial charge in [0.25, 0.3) is 11.5 Å². The van der Waals surface area contributed by atoms with Crippen molar-refractivity contribution in [1.82, 2.24) is 24.1 Å². The number of aromatic nitrogens is 4. The molecule has 188 valence electrons. The fourth-order valence-corrected chi connectivity index (χ4v) is 4.25. The molecule has 9 nitrogen and oxygen atoms in total. The summed E-state index contributed by atoms with van der Waals surface area (Å²) < 4.78 is 3.86. The van der Waals surface area contributed by atoms with Gasteiger partial charge in [0.2, 0.25) is 5.78 Å². The quantitative estimate of drug-likeness (QED) is 0.382. The maximum absolute atomic E-state index is 13.5. The van der Waals surface area contributed by atoms with Crippen molar-refractivity contribution >= 4 is 28.4 Å². The van der Waals surface area contributed by atoms with Gasteiger partial charge in [-0.2, -0.15) is 0 Å². The summed E-state index contributed by atoms with van der Waals surface area (Å²) in [6, 6.07) is 10.3. The van der Waals surface area contributed by atoms with E-state index in [1.54, 1.807) is 18.2 Å². The molecule has 0 spiro atoms. The van der Waals surface area contributed by atoms with Crippen LogP contribution in [0.25, 0.3) is 16.7 Å². The molecule has 0 saturated heterocycles. The van der Waals surface area contributed by atoms with E-state index in [2.05, 4.69) is 10.4 Å². The SMILES string of the molecule is CCCn1c(=O)c2ccc(C(=O)NC(C)CC)cc2n2c(=O)n(CC(=O)c3cc(C)ccc3C)nc12. The molecule has 4 aromatic rings. The van der Waals surface area contributed by atoms with Crippen LogP contribution >= 0.6 is 0 Å². The number of nitrogens with zero attached hydrogens (tertiary/aromatic N) is 4. The van der Waals surface area contributed by atoms with Crippen LogP contribution in [-0.2, 0) is 13.1 Å². The van der Waals surface area contributed by atoms with Gasteiger partial charge in [-0.25, -0.2) is 13.9 Å². The Labute approximate surface area is 208 Å². The number of hydrogen-bond acceptors (Lipinski definition) is 5. The van der Waals surface area contributed by atoms with Crippen molar-refractivity contribution in [2.75, 3.05) is 0 Å². The number of carbonyl (C=O) groups is 2. The molecule has 0 bridgehead atoms. The van der Waals surface area contributed by atoms with Gasteiger partial charge in [-0.3, -0.25) is 19.0 Å². The first kappa shape index (κ1) is 25.1. The van der Waals surface area contributed by atoms with Crippen molar-refractivity contribution in [3.63, 3.8) is 0 Å². The van der Waals surface area contributed by atoms with Crippen LogP contribution in [0.5, 0.6) is 0 Å². The topological polar surface area (TPSA) is 107 Å². The molecule has 0 aliphatic carbocycles. The first-order valence-corrected chi connectivity index (χ1v) is 12.2. The number of amides is 1. The minimum atomic E-state index is -0.544. The van der Waals surface area contributed by atoms with E-state index in [1.165, 1.54) is 15.0 Å². The lowest BCUT2D eigenvalue weighted by Crippen LogP contribution is -2.32. The summed E-state index contributed by atoms with van der Waals surface area (Å²) >= 11 is 0. The van der Waals surface area contributed by atoms with Gasteiger partial charge in [-0.1, -0.05) is 31.5 Å². The van der Waals surface area contributed by atoms with E-state index in [0.29, 0.717) is 29.5 Å². The molecular formula is C27H31N5O4. The predicted molar refractivity (Wildman–Crippen MR) is 139 cm³/mol. The average Bonchev–Trinajstić information content (AvgIpc) is 3.18. The predicted octanol–water partition coefficient (Wildman–Crippen LogP) is 3.25. The summed E-state index contributed by atoms with van der Waals surface area (Å²) in [5, 5.41) is 7.61. The molecule has 1 atom stereocenters. The molecule has 4 rings (SSSR count). The van der Waals surface area contributed by atoms with Crippen molar-refractivity contribution in [3.05, 3.63) is 79.5 Å². The first-order chi connectivity index (χ1) is 17.2. The third-order valence-electron chi connectivity index (χ3n) is 6.46. The van der Waals surface area contributed by atoms with Crippen LogP contribution in [0, 0.1) is 13.8 Å². The molecule has 36 heavy (non-hydrogen) atoms. The zero-order valence-corrected chi connectivity index (χ0v) is 21.3. The van der Waals surface area contributed by atoms with E-state index in [9.17, 15) is 19.2 Å². The second-order valence-corrected chi connectivity index (χ2v) is 9.29. The average molecular weight is 490 g/mol. The number of nitrogens with one attached hydrogen (secondary N) is 1. The van der Waals surface area contributed by atoms with Gasteiger partial charge in [0.15, 0.2) is 5.78 Å². The number of Topliss-reactive ketones (excluding diaryl/α,β-unsaturated/α-hetero) is 1. The highest BCUT2D eigenvalue weighted by molar-refractivity contribution is 5.98. The zero-order chi connectivity index (χ0) is 26.1. The third kappa shape index (κ3) is 4.48. The number of carbonyl (C=O) groups excluding carboxylic acids is 2. The Morgan fingerprint density at radius 1 is 1.06 bits per heavy atom. The molecule has 1 N–H and O–H groups in total. The summed E-state index contributed by atoms with van der Waals surface area (Å²) in [4.78, 5) is 52.7. The minimum Gasteiger partial charge on any atom is -0.350 e. The second kappa shape index (κ2) is 9.93. The lowest BCUT2D eigenvalue weighted by molar-refractivity contribution is 0.0937. The molecule has 0 radical (unpaired) electrons. The Morgan fingerprint density at radius 3 is 2.50 bits per heavy atom. The molecular weight excluding hydrogens is 458 g/mol. The van der Waals surface area contributed by atoms with Crippen LogP contribution in [0.3, 0.4) is 0 Å². The summed E-state index contributed by atoms with van der Waals surface area (Å²) in [6.45, 7) is 9.64. The van der Waals surface area contributed by atoms with Gasteiger partial charge in [0.05, 0.1) is 10.9 Å². The van der Waals surface area contributed by atoms with E-state index in [1.807, 2.05) is 46.8 Å². The van der Waals surface area contributed by atoms with Crippen LogP contribution in [0.4, 0.5) is 0 Å². The van der Waals surface area contributed by atoms with Gasteiger partial charge < -0.3 is 5.32 Å². The molecule has 1 amide bonds. The van der Waals surface area contributed by atoms with Crippen molar-refractivity contribution in [1.29, 1.82) is 0 Å². The van der Waals surface area contributed by atoms with Gasteiger partial charge >= 0.3 is 5.69 Å². The van der Waals surface area contributed by atoms with Gasteiger partial charge in [0, 0.05) is 23.7 Å². The molecule has 0 saturated carbocycles. The summed E-state index contributed by atoms with van der Waals surface area (Å²) in [7, 11) is 0. The third-order valence-corrected chi connectivity index (χ3v) is 6.46. The Morgan fingerprint density at radius 2 is 1.81 bits per heavy atom. The number of fused-ring (bicyclic) bond motifs is 3. The lowest BCUT2D eigenvalue weighted by atomic mass is 10.0. The van der Waals surface area contributed by atoms with E-state index in [0.717, 1.165) is 22.2 Å². The maximum Gasteiger partial charge on any atom is 0.352 e. The van der Waals surface area contributed by atoms with Crippen LogP contribution in [0.2, 0.25) is 0 Å². The van der Waals surface area contributed by atoms with E-state index < -0.39 is 5.69 Å². The molecule has 2 aromatic carbocycles. The van der Waals surface area contributed by atoms with Crippen molar-refractivity contribution in [2.24, 2.45) is 0 Å². The normalized spacial score (nSPS) is 12.2.